The Labute approximate surface area is 224 Å². The lowest BCUT2D eigenvalue weighted by Gasteiger charge is -2.24. The molecule has 12 heteroatoms. The number of aromatic amines is 1. The van der Waals surface area contributed by atoms with Crippen molar-refractivity contribution in [3.8, 4) is 0 Å². The summed E-state index contributed by atoms with van der Waals surface area (Å²) in [5.74, 6) is -4.17. The normalized spacial score (nSPS) is 14.0. The SMILES string of the molecule is CC(NC(=O)C(N)CC(N)=O)C(=O)NC(Cc1c[nH]c2ccccc12)C(=O)NC(Cc1ccccc1)C(=O)O. The van der Waals surface area contributed by atoms with Crippen molar-refractivity contribution in [1.82, 2.24) is 20.9 Å². The fourth-order valence-corrected chi connectivity index (χ4v) is 4.04. The molecule has 3 rings (SSSR count). The highest BCUT2D eigenvalue weighted by atomic mass is 16.4. The van der Waals surface area contributed by atoms with E-state index in [4.69, 9.17) is 11.5 Å². The van der Waals surface area contributed by atoms with Crippen LogP contribution in [0.25, 0.3) is 10.9 Å². The Balaban J connectivity index is 1.78. The number of amides is 4. The summed E-state index contributed by atoms with van der Waals surface area (Å²) in [6, 6.07) is 11.5. The molecule has 4 amide bonds. The number of nitrogens with one attached hydrogen (secondary N) is 4. The van der Waals surface area contributed by atoms with E-state index in [-0.39, 0.29) is 12.8 Å². The quantitative estimate of drug-likeness (QED) is 0.155. The first kappa shape index (κ1) is 28.9. The van der Waals surface area contributed by atoms with Crippen molar-refractivity contribution in [3.63, 3.8) is 0 Å². The summed E-state index contributed by atoms with van der Waals surface area (Å²) in [7, 11) is 0. The van der Waals surface area contributed by atoms with Crippen LogP contribution in [0.1, 0.15) is 24.5 Å². The monoisotopic (exact) mass is 536 g/mol. The summed E-state index contributed by atoms with van der Waals surface area (Å²) >= 11 is 0. The molecule has 206 valence electrons. The maximum atomic E-state index is 13.4. The molecular weight excluding hydrogens is 504 g/mol. The van der Waals surface area contributed by atoms with Crippen LogP contribution in [-0.2, 0) is 36.8 Å². The molecule has 4 atom stereocenters. The van der Waals surface area contributed by atoms with E-state index in [2.05, 4.69) is 20.9 Å². The van der Waals surface area contributed by atoms with E-state index in [0.717, 1.165) is 16.5 Å². The summed E-state index contributed by atoms with van der Waals surface area (Å²) in [6.07, 6.45) is 1.40. The third-order valence-corrected chi connectivity index (χ3v) is 6.14. The Morgan fingerprint density at radius 3 is 2.15 bits per heavy atom. The first-order valence-corrected chi connectivity index (χ1v) is 12.3. The van der Waals surface area contributed by atoms with Gasteiger partial charge in [0.15, 0.2) is 0 Å². The molecule has 0 spiro atoms. The number of fused-ring (bicyclic) bond motifs is 1. The molecule has 39 heavy (non-hydrogen) atoms. The molecule has 0 aliphatic carbocycles. The van der Waals surface area contributed by atoms with Gasteiger partial charge in [0.1, 0.15) is 18.1 Å². The lowest BCUT2D eigenvalue weighted by atomic mass is 10.0. The second-order valence-electron chi connectivity index (χ2n) is 9.22. The molecule has 1 heterocycles. The van der Waals surface area contributed by atoms with Gasteiger partial charge in [0, 0.05) is 29.9 Å². The average Bonchev–Trinajstić information content (AvgIpc) is 3.30. The standard InChI is InChI=1S/C27H32N6O6/c1-15(31-25(36)19(28)13-23(29)34)24(35)32-21(12-17-14-30-20-10-6-5-9-18(17)20)26(37)33-22(27(38)39)11-16-7-3-2-4-8-16/h2-10,14-15,19,21-22,30H,11-13,28H2,1H3,(H2,29,34)(H,31,36)(H,32,35)(H,33,37)(H,38,39). The minimum atomic E-state index is -1.24. The maximum Gasteiger partial charge on any atom is 0.326 e. The number of carboxylic acid groups (broad SMARTS) is 1. The summed E-state index contributed by atoms with van der Waals surface area (Å²) < 4.78 is 0. The van der Waals surface area contributed by atoms with Crippen molar-refractivity contribution in [2.75, 3.05) is 0 Å². The van der Waals surface area contributed by atoms with Crippen LogP contribution < -0.4 is 27.4 Å². The van der Waals surface area contributed by atoms with Crippen LogP contribution in [0.2, 0.25) is 0 Å². The molecule has 0 saturated carbocycles. The third kappa shape index (κ3) is 8.14. The van der Waals surface area contributed by atoms with E-state index in [1.165, 1.54) is 6.92 Å². The van der Waals surface area contributed by atoms with Gasteiger partial charge < -0.3 is 37.5 Å². The lowest BCUT2D eigenvalue weighted by Crippen LogP contribution is -2.57. The molecule has 0 bridgehead atoms. The molecule has 0 aliphatic heterocycles. The second kappa shape index (κ2) is 13.2. The molecule has 2 aromatic carbocycles. The van der Waals surface area contributed by atoms with Crippen LogP contribution in [0, 0.1) is 0 Å². The minimum absolute atomic E-state index is 0.0415. The highest BCUT2D eigenvalue weighted by Crippen LogP contribution is 2.19. The number of carbonyl (C=O) groups excluding carboxylic acids is 4. The van der Waals surface area contributed by atoms with Gasteiger partial charge in [0.25, 0.3) is 0 Å². The molecule has 4 unspecified atom stereocenters. The predicted molar refractivity (Wildman–Crippen MR) is 143 cm³/mol. The van der Waals surface area contributed by atoms with Crippen molar-refractivity contribution in [2.24, 2.45) is 11.5 Å². The van der Waals surface area contributed by atoms with Crippen LogP contribution in [-0.4, -0.2) is 63.9 Å². The van der Waals surface area contributed by atoms with Gasteiger partial charge in [-0.3, -0.25) is 19.2 Å². The molecule has 0 fully saturated rings. The van der Waals surface area contributed by atoms with Crippen LogP contribution in [0.5, 0.6) is 0 Å². The number of benzene rings is 2. The number of carbonyl (C=O) groups is 5. The number of carboxylic acids is 1. The Kier molecular flexibility index (Phi) is 9.76. The molecule has 1 aromatic heterocycles. The number of hydrogen-bond donors (Lipinski definition) is 7. The van der Waals surface area contributed by atoms with Gasteiger partial charge in [-0.2, -0.15) is 0 Å². The van der Waals surface area contributed by atoms with Gasteiger partial charge >= 0.3 is 5.97 Å². The van der Waals surface area contributed by atoms with Crippen molar-refractivity contribution >= 4 is 40.5 Å². The van der Waals surface area contributed by atoms with E-state index in [9.17, 15) is 29.1 Å². The van der Waals surface area contributed by atoms with E-state index < -0.39 is 60.2 Å². The van der Waals surface area contributed by atoms with Crippen molar-refractivity contribution < 1.29 is 29.1 Å². The lowest BCUT2D eigenvalue weighted by molar-refractivity contribution is -0.142. The van der Waals surface area contributed by atoms with Gasteiger partial charge in [0.2, 0.25) is 23.6 Å². The Morgan fingerprint density at radius 1 is 0.846 bits per heavy atom. The zero-order valence-corrected chi connectivity index (χ0v) is 21.3. The number of rotatable bonds is 13. The van der Waals surface area contributed by atoms with E-state index in [1.54, 1.807) is 36.5 Å². The zero-order valence-electron chi connectivity index (χ0n) is 21.3. The molecule has 12 nitrogen and oxygen atoms in total. The van der Waals surface area contributed by atoms with Crippen molar-refractivity contribution in [2.45, 2.75) is 50.4 Å². The van der Waals surface area contributed by atoms with Gasteiger partial charge in [0.05, 0.1) is 12.5 Å². The molecule has 0 radical (unpaired) electrons. The number of para-hydroxylation sites is 1. The highest BCUT2D eigenvalue weighted by Gasteiger charge is 2.30. The first-order valence-electron chi connectivity index (χ1n) is 12.3. The maximum absolute atomic E-state index is 13.4. The topological polar surface area (TPSA) is 209 Å². The van der Waals surface area contributed by atoms with Gasteiger partial charge in [-0.15, -0.1) is 0 Å². The fraction of sp³-hybridized carbons (Fsp3) is 0.296. The summed E-state index contributed by atoms with van der Waals surface area (Å²) in [5, 5.41) is 18.1. The number of H-pyrrole nitrogens is 1. The summed E-state index contributed by atoms with van der Waals surface area (Å²) in [5.41, 5.74) is 13.0. The minimum Gasteiger partial charge on any atom is -0.480 e. The largest absolute Gasteiger partial charge is 0.480 e. The van der Waals surface area contributed by atoms with E-state index in [1.807, 2.05) is 24.3 Å². The number of nitrogens with two attached hydrogens (primary N) is 2. The number of hydrogen-bond acceptors (Lipinski definition) is 6. The molecule has 3 aromatic rings. The Morgan fingerprint density at radius 2 is 1.49 bits per heavy atom. The van der Waals surface area contributed by atoms with Gasteiger partial charge in [-0.05, 0) is 24.1 Å². The fourth-order valence-electron chi connectivity index (χ4n) is 4.04. The van der Waals surface area contributed by atoms with Crippen LogP contribution in [0.4, 0.5) is 0 Å². The highest BCUT2D eigenvalue weighted by molar-refractivity contribution is 5.95. The third-order valence-electron chi connectivity index (χ3n) is 6.14. The molecular formula is C27H32N6O6. The average molecular weight is 537 g/mol. The molecule has 9 N–H and O–H groups in total. The van der Waals surface area contributed by atoms with Crippen molar-refractivity contribution in [3.05, 3.63) is 71.9 Å². The molecule has 0 aliphatic rings. The van der Waals surface area contributed by atoms with Gasteiger partial charge in [-0.1, -0.05) is 48.5 Å². The smallest absolute Gasteiger partial charge is 0.326 e. The number of aliphatic carboxylic acids is 1. The Hall–Kier alpha value is -4.71. The summed E-state index contributed by atoms with van der Waals surface area (Å²) in [6.45, 7) is 1.39. The predicted octanol–water partition coefficient (Wildman–Crippen LogP) is -0.285. The summed E-state index contributed by atoms with van der Waals surface area (Å²) in [4.78, 5) is 64.7. The number of aromatic nitrogens is 1. The van der Waals surface area contributed by atoms with Gasteiger partial charge in [-0.25, -0.2) is 4.79 Å². The van der Waals surface area contributed by atoms with Crippen molar-refractivity contribution in [1.29, 1.82) is 0 Å². The van der Waals surface area contributed by atoms with E-state index in [0.29, 0.717) is 5.56 Å². The first-order chi connectivity index (χ1) is 18.5. The number of primary amides is 1. The second-order valence-corrected chi connectivity index (χ2v) is 9.22. The Bertz CT molecular complexity index is 1340. The van der Waals surface area contributed by atoms with Crippen LogP contribution >= 0.6 is 0 Å². The zero-order chi connectivity index (χ0) is 28.5. The van der Waals surface area contributed by atoms with Crippen LogP contribution in [0.15, 0.2) is 60.8 Å². The van der Waals surface area contributed by atoms with Crippen LogP contribution in [0.3, 0.4) is 0 Å². The molecule has 0 saturated heterocycles. The van der Waals surface area contributed by atoms with E-state index >= 15 is 0 Å².